The standard InChI is InChI=1S/C21H19ClN2O2S.C10H9ClN2S/c1-26-16-8-6-15(7-9-16)21(10-11-21)19(25)24-20-23-13-17(27-20)12-14-4-2-3-5-18(14)22;11-9-4-2-1-3-7(9)5-8-6-13-10(12)14-8/h2-9,13H,10-12H2,1H3,(H,23,24,25);1-4,6H,5H2,(H2,12,13). The van der Waals surface area contributed by atoms with Crippen molar-refractivity contribution in [3.63, 3.8) is 0 Å². The number of nitrogens with two attached hydrogens (primary N) is 1. The fourth-order valence-corrected chi connectivity index (χ4v) is 6.35. The number of thiazole rings is 2. The fraction of sp³-hybridized carbons (Fsp3) is 0.194. The molecule has 0 atom stereocenters. The molecule has 0 unspecified atom stereocenters. The van der Waals surface area contributed by atoms with Crippen molar-refractivity contribution in [2.75, 3.05) is 18.2 Å². The van der Waals surface area contributed by atoms with E-state index in [1.54, 1.807) is 19.5 Å². The van der Waals surface area contributed by atoms with E-state index in [0.29, 0.717) is 16.7 Å². The Kier molecular flexibility index (Phi) is 9.25. The summed E-state index contributed by atoms with van der Waals surface area (Å²) >= 11 is 15.2. The third kappa shape index (κ3) is 7.26. The lowest BCUT2D eigenvalue weighted by Crippen LogP contribution is -2.27. The minimum atomic E-state index is -0.444. The summed E-state index contributed by atoms with van der Waals surface area (Å²) in [6, 6.07) is 23.3. The molecule has 0 spiro atoms. The molecule has 2 heterocycles. The fourth-order valence-electron chi connectivity index (χ4n) is 4.41. The topological polar surface area (TPSA) is 90.1 Å². The van der Waals surface area contributed by atoms with Gasteiger partial charge in [-0.3, -0.25) is 4.79 Å². The lowest BCUT2D eigenvalue weighted by atomic mass is 9.95. The summed E-state index contributed by atoms with van der Waals surface area (Å²) in [6.07, 6.45) is 6.80. The largest absolute Gasteiger partial charge is 0.497 e. The Morgan fingerprint density at radius 1 is 0.878 bits per heavy atom. The summed E-state index contributed by atoms with van der Waals surface area (Å²) in [7, 11) is 1.64. The van der Waals surface area contributed by atoms with Crippen LogP contribution in [0.2, 0.25) is 10.0 Å². The molecule has 10 heteroatoms. The highest BCUT2D eigenvalue weighted by Gasteiger charge is 2.51. The first kappa shape index (κ1) is 29.1. The summed E-state index contributed by atoms with van der Waals surface area (Å²) in [5, 5.41) is 5.76. The molecule has 0 bridgehead atoms. The molecule has 0 radical (unpaired) electrons. The molecule has 210 valence electrons. The molecule has 1 aliphatic carbocycles. The molecule has 0 saturated heterocycles. The zero-order chi connectivity index (χ0) is 28.8. The third-order valence-corrected chi connectivity index (χ3v) is 9.29. The second-order valence-corrected chi connectivity index (χ2v) is 12.7. The maximum Gasteiger partial charge on any atom is 0.236 e. The highest BCUT2D eigenvalue weighted by molar-refractivity contribution is 7.15. The first-order valence-electron chi connectivity index (χ1n) is 12.9. The van der Waals surface area contributed by atoms with Gasteiger partial charge in [0.15, 0.2) is 10.3 Å². The van der Waals surface area contributed by atoms with Crippen LogP contribution in [0, 0.1) is 0 Å². The van der Waals surface area contributed by atoms with Crippen LogP contribution in [0.15, 0.2) is 85.2 Å². The van der Waals surface area contributed by atoms with Crippen LogP contribution in [0.25, 0.3) is 0 Å². The van der Waals surface area contributed by atoms with Gasteiger partial charge in [0, 0.05) is 45.0 Å². The van der Waals surface area contributed by atoms with Crippen LogP contribution >= 0.6 is 45.9 Å². The van der Waals surface area contributed by atoms with E-state index >= 15 is 0 Å². The van der Waals surface area contributed by atoms with Crippen molar-refractivity contribution in [2.24, 2.45) is 0 Å². The molecule has 2 aromatic heterocycles. The van der Waals surface area contributed by atoms with Gasteiger partial charge in [-0.25, -0.2) is 9.97 Å². The second kappa shape index (κ2) is 13.0. The van der Waals surface area contributed by atoms with E-state index in [0.717, 1.165) is 61.5 Å². The van der Waals surface area contributed by atoms with Crippen molar-refractivity contribution in [3.05, 3.63) is 122 Å². The van der Waals surface area contributed by atoms with Gasteiger partial charge in [0.1, 0.15) is 5.75 Å². The number of nitrogens with zero attached hydrogens (tertiary/aromatic N) is 2. The van der Waals surface area contributed by atoms with Gasteiger partial charge in [-0.15, -0.1) is 22.7 Å². The van der Waals surface area contributed by atoms with Crippen molar-refractivity contribution < 1.29 is 9.53 Å². The Balaban J connectivity index is 0.000000202. The SMILES string of the molecule is COc1ccc(C2(C(=O)Nc3ncc(Cc4ccccc4Cl)s3)CC2)cc1.Nc1ncc(Cc2ccccc2Cl)s1. The second-order valence-electron chi connectivity index (χ2n) is 9.60. The Hall–Kier alpha value is -3.43. The van der Waals surface area contributed by atoms with E-state index in [1.807, 2.05) is 72.8 Å². The van der Waals surface area contributed by atoms with Crippen LogP contribution in [0.3, 0.4) is 0 Å². The zero-order valence-electron chi connectivity index (χ0n) is 22.3. The maximum atomic E-state index is 12.9. The summed E-state index contributed by atoms with van der Waals surface area (Å²) in [5.74, 6) is 0.797. The van der Waals surface area contributed by atoms with Gasteiger partial charge in [-0.2, -0.15) is 0 Å². The number of aromatic nitrogens is 2. The number of hydrogen-bond acceptors (Lipinski definition) is 7. The van der Waals surface area contributed by atoms with E-state index in [2.05, 4.69) is 15.3 Å². The van der Waals surface area contributed by atoms with Gasteiger partial charge in [0.25, 0.3) is 0 Å². The van der Waals surface area contributed by atoms with Crippen molar-refractivity contribution in [1.29, 1.82) is 0 Å². The summed E-state index contributed by atoms with van der Waals surface area (Å²) < 4.78 is 5.20. The van der Waals surface area contributed by atoms with Crippen LogP contribution in [0.5, 0.6) is 5.75 Å². The van der Waals surface area contributed by atoms with E-state index in [9.17, 15) is 4.79 Å². The zero-order valence-corrected chi connectivity index (χ0v) is 25.4. The molecule has 1 saturated carbocycles. The number of nitrogens with one attached hydrogen (secondary N) is 1. The van der Waals surface area contributed by atoms with Crippen molar-refractivity contribution in [1.82, 2.24) is 9.97 Å². The first-order chi connectivity index (χ1) is 19.9. The molecule has 3 aromatic carbocycles. The summed E-state index contributed by atoms with van der Waals surface area (Å²) in [4.78, 5) is 23.4. The minimum absolute atomic E-state index is 0.00584. The number of benzene rings is 3. The van der Waals surface area contributed by atoms with Crippen LogP contribution in [-0.2, 0) is 23.1 Å². The van der Waals surface area contributed by atoms with E-state index in [-0.39, 0.29) is 5.91 Å². The average molecular weight is 624 g/mol. The molecule has 0 aliphatic heterocycles. The van der Waals surface area contributed by atoms with Gasteiger partial charge in [0.2, 0.25) is 5.91 Å². The highest BCUT2D eigenvalue weighted by Crippen LogP contribution is 2.49. The number of hydrogen-bond donors (Lipinski definition) is 2. The Bertz CT molecular complexity index is 1630. The van der Waals surface area contributed by atoms with Gasteiger partial charge in [-0.1, -0.05) is 71.7 Å². The molecule has 1 aliphatic rings. The molecular weight excluding hydrogens is 595 g/mol. The molecular formula is C31H28Cl2N4O2S2. The summed E-state index contributed by atoms with van der Waals surface area (Å²) in [5.41, 5.74) is 8.29. The van der Waals surface area contributed by atoms with Gasteiger partial charge in [-0.05, 0) is 53.8 Å². The van der Waals surface area contributed by atoms with E-state index in [1.165, 1.54) is 22.7 Å². The van der Waals surface area contributed by atoms with E-state index < -0.39 is 5.41 Å². The normalized spacial score (nSPS) is 13.1. The molecule has 6 nitrogen and oxygen atoms in total. The Morgan fingerprint density at radius 3 is 1.95 bits per heavy atom. The van der Waals surface area contributed by atoms with Crippen LogP contribution in [-0.4, -0.2) is 23.0 Å². The van der Waals surface area contributed by atoms with Crippen LogP contribution in [0.1, 0.15) is 39.3 Å². The number of amides is 1. The van der Waals surface area contributed by atoms with Gasteiger partial charge in [0.05, 0.1) is 12.5 Å². The molecule has 1 fully saturated rings. The number of carbonyl (C=O) groups is 1. The van der Waals surface area contributed by atoms with Crippen molar-refractivity contribution >= 4 is 62.0 Å². The van der Waals surface area contributed by atoms with Crippen molar-refractivity contribution in [2.45, 2.75) is 31.1 Å². The molecule has 41 heavy (non-hydrogen) atoms. The molecule has 6 rings (SSSR count). The Morgan fingerprint density at radius 2 is 1.44 bits per heavy atom. The lowest BCUT2D eigenvalue weighted by molar-refractivity contribution is -0.118. The van der Waals surface area contributed by atoms with Gasteiger partial charge >= 0.3 is 0 Å². The maximum absolute atomic E-state index is 12.9. The number of methoxy groups -OCH3 is 1. The highest BCUT2D eigenvalue weighted by atomic mass is 35.5. The molecule has 3 N–H and O–H groups in total. The first-order valence-corrected chi connectivity index (χ1v) is 15.3. The van der Waals surface area contributed by atoms with Crippen molar-refractivity contribution in [3.8, 4) is 5.75 Å². The average Bonchev–Trinajstić information content (AvgIpc) is 3.52. The number of anilines is 2. The minimum Gasteiger partial charge on any atom is -0.497 e. The number of ether oxygens (including phenoxy) is 1. The predicted octanol–water partition coefficient (Wildman–Crippen LogP) is 8.04. The monoisotopic (exact) mass is 622 g/mol. The van der Waals surface area contributed by atoms with Crippen LogP contribution in [0.4, 0.5) is 10.3 Å². The van der Waals surface area contributed by atoms with Gasteiger partial charge < -0.3 is 15.8 Å². The molecule has 1 amide bonds. The molecule has 5 aromatic rings. The van der Waals surface area contributed by atoms with E-state index in [4.69, 9.17) is 33.7 Å². The third-order valence-electron chi connectivity index (χ3n) is 6.82. The Labute approximate surface area is 257 Å². The number of carbonyl (C=O) groups excluding carboxylic acids is 1. The van der Waals surface area contributed by atoms with Crippen LogP contribution < -0.4 is 15.8 Å². The quantitative estimate of drug-likeness (QED) is 0.183. The number of nitrogen functional groups attached to an aromatic ring is 1. The predicted molar refractivity (Wildman–Crippen MR) is 170 cm³/mol. The smallest absolute Gasteiger partial charge is 0.236 e. The number of halogens is 2. The summed E-state index contributed by atoms with van der Waals surface area (Å²) in [6.45, 7) is 0. The number of rotatable bonds is 8. The lowest BCUT2D eigenvalue weighted by Gasteiger charge is -2.15.